The predicted octanol–water partition coefficient (Wildman–Crippen LogP) is 8.71. The molecule has 2 aliphatic rings. The van der Waals surface area contributed by atoms with Gasteiger partial charge in [-0.3, -0.25) is 9.78 Å². The van der Waals surface area contributed by atoms with Crippen LogP contribution in [-0.4, -0.2) is 51.8 Å². The third-order valence-corrected chi connectivity index (χ3v) is 9.22. The Hall–Kier alpha value is -4.57. The second kappa shape index (κ2) is 16.8. The Kier molecular flexibility index (Phi) is 12.0. The number of anilines is 1. The molecule has 1 saturated carbocycles. The molecule has 8 nitrogen and oxygen atoms in total. The summed E-state index contributed by atoms with van der Waals surface area (Å²) < 4.78 is 16.4. The van der Waals surface area contributed by atoms with Gasteiger partial charge >= 0.3 is 31.2 Å². The summed E-state index contributed by atoms with van der Waals surface area (Å²) >= 11 is 9.86. The van der Waals surface area contributed by atoms with Gasteiger partial charge in [-0.15, -0.1) is 0 Å². The Morgan fingerprint density at radius 1 is 0.885 bits per heavy atom. The number of carboxylic acids is 1. The first-order valence-electron chi connectivity index (χ1n) is 16.7. The first kappa shape index (κ1) is 37.2. The Morgan fingerprint density at radius 2 is 1.62 bits per heavy atom. The van der Waals surface area contributed by atoms with E-state index >= 15 is 0 Å². The van der Waals surface area contributed by atoms with Gasteiger partial charge in [0.15, 0.2) is 0 Å². The number of aromatic carboxylic acids is 1. The molecule has 0 unspecified atom stereocenters. The number of fused-ring (bicyclic) bond motifs is 1. The van der Waals surface area contributed by atoms with E-state index in [9.17, 15) is 19.1 Å². The van der Waals surface area contributed by atoms with Crippen LogP contribution in [0.4, 0.5) is 10.1 Å². The molecule has 3 aromatic heterocycles. The number of rotatable bonds is 6. The van der Waals surface area contributed by atoms with Crippen molar-refractivity contribution in [2.45, 2.75) is 25.8 Å². The van der Waals surface area contributed by atoms with Gasteiger partial charge in [-0.2, -0.15) is 0 Å². The van der Waals surface area contributed by atoms with E-state index in [0.717, 1.165) is 64.7 Å². The van der Waals surface area contributed by atoms with Crippen molar-refractivity contribution >= 4 is 44.3 Å². The summed E-state index contributed by atoms with van der Waals surface area (Å²) in [5.74, 6) is -1.76. The average Bonchev–Trinajstić information content (AvgIpc) is 4.03. The zero-order valence-electron chi connectivity index (χ0n) is 28.1. The number of carboxylic acid groups (broad SMARTS) is 1. The minimum atomic E-state index is -1.28. The third-order valence-electron chi connectivity index (χ3n) is 8.99. The van der Waals surface area contributed by atoms with Gasteiger partial charge in [-0.05, 0) is 79.4 Å². The monoisotopic (exact) mass is 785 g/mol. The Balaban J connectivity index is 0.000000171. The topological polar surface area (TPSA) is 100 Å². The van der Waals surface area contributed by atoms with Gasteiger partial charge < -0.3 is 19.9 Å². The number of piperazine rings is 1. The van der Waals surface area contributed by atoms with Gasteiger partial charge in [0.2, 0.25) is 5.43 Å². The number of benzene rings is 3. The van der Waals surface area contributed by atoms with Crippen molar-refractivity contribution in [1.29, 1.82) is 0 Å². The first-order valence-corrected chi connectivity index (χ1v) is 18.4. The molecule has 270 valence electrons. The zero-order valence-corrected chi connectivity index (χ0v) is 30.6. The molecule has 0 atom stereocenters. The number of hydrogen-bond donors (Lipinski definition) is 2. The Bertz CT molecular complexity index is 2260. The molecule has 6 aromatic rings. The molecule has 1 aliphatic carbocycles. The van der Waals surface area contributed by atoms with Crippen LogP contribution in [0.1, 0.15) is 34.8 Å². The summed E-state index contributed by atoms with van der Waals surface area (Å²) in [6, 6.07) is 29.4. The average molecular weight is 787 g/mol. The van der Waals surface area contributed by atoms with Crippen molar-refractivity contribution in [1.82, 2.24) is 19.9 Å². The molecule has 0 bridgehead atoms. The van der Waals surface area contributed by atoms with E-state index in [2.05, 4.69) is 84.9 Å². The van der Waals surface area contributed by atoms with Crippen molar-refractivity contribution in [3.63, 3.8) is 0 Å². The second-order valence-corrected chi connectivity index (χ2v) is 13.0. The molecular formula is C40H35Cl2CuFN5O3. The number of carbonyl (C=O) groups is 1. The fourth-order valence-corrected chi connectivity index (χ4v) is 6.39. The van der Waals surface area contributed by atoms with E-state index in [1.54, 1.807) is 12.3 Å². The van der Waals surface area contributed by atoms with E-state index in [0.29, 0.717) is 24.3 Å². The van der Waals surface area contributed by atoms with E-state index in [-0.39, 0.29) is 17.0 Å². The van der Waals surface area contributed by atoms with Crippen molar-refractivity contribution in [3.05, 3.63) is 136 Å². The van der Waals surface area contributed by atoms with E-state index in [1.165, 1.54) is 17.8 Å². The zero-order chi connectivity index (χ0) is 36.8. The van der Waals surface area contributed by atoms with E-state index in [1.807, 2.05) is 45.9 Å². The molecule has 8 rings (SSSR count). The number of aromatic nitrogens is 3. The Labute approximate surface area is 318 Å². The summed E-state index contributed by atoms with van der Waals surface area (Å²) in [6.07, 6.45) is 5.08. The van der Waals surface area contributed by atoms with Crippen LogP contribution in [-0.2, 0) is 15.1 Å². The number of nitrogens with zero attached hydrogens (tertiary/aromatic N) is 4. The predicted molar refractivity (Wildman–Crippen MR) is 202 cm³/mol. The molecule has 0 amide bonds. The summed E-state index contributed by atoms with van der Waals surface area (Å²) in [4.78, 5) is 35.0. The van der Waals surface area contributed by atoms with Crippen LogP contribution in [0.2, 0.25) is 5.02 Å². The van der Waals surface area contributed by atoms with E-state index < -0.39 is 17.2 Å². The van der Waals surface area contributed by atoms with Gasteiger partial charge in [0.05, 0.1) is 28.3 Å². The minimum absolute atomic E-state index is 0.137. The van der Waals surface area contributed by atoms with Crippen molar-refractivity contribution in [2.75, 3.05) is 31.1 Å². The molecule has 1 saturated heterocycles. The van der Waals surface area contributed by atoms with Crippen LogP contribution < -0.4 is 15.6 Å². The van der Waals surface area contributed by atoms with Gasteiger partial charge in [-0.1, -0.05) is 59.6 Å². The number of halogens is 3. The van der Waals surface area contributed by atoms with E-state index in [4.69, 9.17) is 16.6 Å². The maximum atomic E-state index is 14.6. The Morgan fingerprint density at radius 3 is 2.27 bits per heavy atom. The SMILES string of the molecule is Cc1ccc(-c2cc(-c3cccc(Cl)c3)cc(-c3ccccn3)n2)cc1.O=C(O)c1cn(C2CC2)c2cc(N3CCNCC3)c(F)cc2c1=O.[Cl][Cu]. The molecule has 12 heteroatoms. The van der Waals surface area contributed by atoms with Gasteiger partial charge in [-0.25, -0.2) is 14.2 Å². The first-order chi connectivity index (χ1) is 25.2. The van der Waals surface area contributed by atoms with Crippen molar-refractivity contribution in [2.24, 2.45) is 0 Å². The maximum absolute atomic E-state index is 14.6. The molecule has 52 heavy (non-hydrogen) atoms. The van der Waals surface area contributed by atoms with Crippen LogP contribution in [0.15, 0.2) is 108 Å². The van der Waals surface area contributed by atoms with Crippen LogP contribution in [0.25, 0.3) is 44.7 Å². The number of pyridine rings is 3. The summed E-state index contributed by atoms with van der Waals surface area (Å²) in [5.41, 5.74) is 7.21. The number of aryl methyl sites for hydroxylation is 1. The summed E-state index contributed by atoms with van der Waals surface area (Å²) in [7, 11) is 4.20. The molecule has 0 radical (unpaired) electrons. The fraction of sp³-hybridized carbons (Fsp3) is 0.200. The molecule has 2 N–H and O–H groups in total. The summed E-state index contributed by atoms with van der Waals surface area (Å²) in [6.45, 7) is 5.04. The van der Waals surface area contributed by atoms with Crippen molar-refractivity contribution in [3.8, 4) is 33.8 Å². The molecular weight excluding hydrogens is 752 g/mol. The van der Waals surface area contributed by atoms with Crippen LogP contribution in [0.5, 0.6) is 0 Å². The standard InChI is InChI=1S/C23H17ClN2.C17H18FN3O3.ClH.Cu/c1-16-8-10-17(11-9-16)22-14-19(18-5-4-6-20(24)13-18)15-23(26-22)21-7-2-3-12-25-21;18-13-7-11-14(8-15(13)20-5-3-19-4-6-20)21(10-1-2-10)9-12(16(11)22)17(23)24;;/h2-15H,1H3;7-10,19H,1-6H2,(H,23,24);1H;/q;;;+1/p-1. The van der Waals surface area contributed by atoms with Gasteiger partial charge in [0.1, 0.15) is 11.4 Å². The van der Waals surface area contributed by atoms with Crippen LogP contribution in [0, 0.1) is 12.7 Å². The normalized spacial score (nSPS) is 13.8. The molecule has 2 fully saturated rings. The molecule has 4 heterocycles. The number of nitrogens with one attached hydrogen (secondary N) is 1. The number of hydrogen-bond acceptors (Lipinski definition) is 6. The summed E-state index contributed by atoms with van der Waals surface area (Å²) in [5, 5.41) is 13.3. The van der Waals surface area contributed by atoms with Crippen LogP contribution in [0.3, 0.4) is 0 Å². The van der Waals surface area contributed by atoms with Gasteiger partial charge in [0.25, 0.3) is 0 Å². The quantitative estimate of drug-likeness (QED) is 0.163. The second-order valence-electron chi connectivity index (χ2n) is 12.6. The van der Waals surface area contributed by atoms with Crippen LogP contribution >= 0.6 is 21.7 Å². The third kappa shape index (κ3) is 8.55. The van der Waals surface area contributed by atoms with Crippen molar-refractivity contribution < 1.29 is 29.4 Å². The fourth-order valence-electron chi connectivity index (χ4n) is 6.20. The van der Waals surface area contributed by atoms with Gasteiger partial charge in [0, 0.05) is 60.6 Å². The molecule has 3 aromatic carbocycles. The molecule has 1 aliphatic heterocycles. The molecule has 0 spiro atoms.